The highest BCUT2D eigenvalue weighted by Crippen LogP contribution is 2.47. The van der Waals surface area contributed by atoms with Crippen molar-refractivity contribution in [2.45, 2.75) is 20.0 Å². The second-order valence-corrected chi connectivity index (χ2v) is 7.29. The molecule has 0 aliphatic heterocycles. The number of aliphatic hydroxyl groups excluding tert-OH is 1. The molecule has 23 heavy (non-hydrogen) atoms. The molecule has 3 N–H and O–H groups in total. The third kappa shape index (κ3) is 4.28. The molecule has 0 aliphatic rings. The number of rotatable bonds is 9. The summed E-state index contributed by atoms with van der Waals surface area (Å²) in [7, 11) is -3.38. The zero-order valence-electron chi connectivity index (χ0n) is 13.2. The summed E-state index contributed by atoms with van der Waals surface area (Å²) in [5.41, 5.74) is 1.55. The number of anilines is 1. The average molecular weight is 361 g/mol. The van der Waals surface area contributed by atoms with Crippen LogP contribution in [0.15, 0.2) is 24.4 Å². The van der Waals surface area contributed by atoms with E-state index < -0.39 is 13.7 Å². The Labute approximate surface area is 140 Å². The van der Waals surface area contributed by atoms with E-state index in [1.165, 1.54) is 0 Å². The molecule has 2 aromatic rings. The van der Waals surface area contributed by atoms with Gasteiger partial charge in [0.2, 0.25) is 0 Å². The summed E-state index contributed by atoms with van der Waals surface area (Å²) in [5, 5.41) is 14.2. The van der Waals surface area contributed by atoms with Crippen LogP contribution in [0.1, 0.15) is 13.8 Å². The molecule has 0 aliphatic carbocycles. The standard InChI is InChI=1S/C15H22ClN2O4P/c1-3-21-23(20,22-4-2)12-7-14-13(5-6-17-14)15(8-12)18-10-11(19)9-16/h5-8,11,17-19H,3-4,9-10H2,1-2H3. The van der Waals surface area contributed by atoms with Crippen LogP contribution in [0.5, 0.6) is 0 Å². The molecule has 0 fully saturated rings. The number of hydrogen-bond acceptors (Lipinski definition) is 5. The van der Waals surface area contributed by atoms with Gasteiger partial charge in [0.15, 0.2) is 0 Å². The molecule has 0 radical (unpaired) electrons. The number of benzene rings is 1. The molecule has 2 rings (SSSR count). The average Bonchev–Trinajstić information content (AvgIpc) is 3.01. The lowest BCUT2D eigenvalue weighted by Gasteiger charge is -2.19. The van der Waals surface area contributed by atoms with Crippen LogP contribution in [-0.4, -0.2) is 41.8 Å². The second-order valence-electron chi connectivity index (χ2n) is 4.95. The Morgan fingerprint density at radius 2 is 2.04 bits per heavy atom. The monoisotopic (exact) mass is 360 g/mol. The SMILES string of the molecule is CCOP(=O)(OCC)c1cc(NCC(O)CCl)c2cc[nH]c2c1. The van der Waals surface area contributed by atoms with Crippen molar-refractivity contribution < 1.29 is 18.7 Å². The van der Waals surface area contributed by atoms with Gasteiger partial charge in [-0.25, -0.2) is 0 Å². The van der Waals surface area contributed by atoms with E-state index in [9.17, 15) is 9.67 Å². The molecule has 0 saturated heterocycles. The molecule has 0 spiro atoms. The van der Waals surface area contributed by atoms with Crippen LogP contribution in [-0.2, 0) is 13.6 Å². The number of aliphatic hydroxyl groups is 1. The third-order valence-electron chi connectivity index (χ3n) is 3.27. The van der Waals surface area contributed by atoms with Crippen molar-refractivity contribution in [3.8, 4) is 0 Å². The first kappa shape index (κ1) is 18.3. The maximum absolute atomic E-state index is 13.0. The smallest absolute Gasteiger partial charge is 0.361 e. The minimum Gasteiger partial charge on any atom is -0.390 e. The van der Waals surface area contributed by atoms with E-state index in [-0.39, 0.29) is 19.1 Å². The van der Waals surface area contributed by atoms with Gasteiger partial charge in [0, 0.05) is 29.3 Å². The minimum absolute atomic E-state index is 0.138. The van der Waals surface area contributed by atoms with Crippen molar-refractivity contribution in [2.75, 3.05) is 31.0 Å². The number of aromatic amines is 1. The predicted octanol–water partition coefficient (Wildman–Crippen LogP) is 3.07. The molecule has 0 saturated carbocycles. The number of aromatic nitrogens is 1. The number of halogens is 1. The van der Waals surface area contributed by atoms with Crippen molar-refractivity contribution in [1.82, 2.24) is 4.98 Å². The van der Waals surface area contributed by atoms with E-state index in [0.717, 1.165) is 16.6 Å². The van der Waals surface area contributed by atoms with Gasteiger partial charge in [0.05, 0.1) is 30.5 Å². The van der Waals surface area contributed by atoms with Crippen LogP contribution in [0.2, 0.25) is 0 Å². The zero-order valence-corrected chi connectivity index (χ0v) is 14.9. The van der Waals surface area contributed by atoms with Gasteiger partial charge in [-0.1, -0.05) is 0 Å². The maximum atomic E-state index is 13.0. The number of H-pyrrole nitrogens is 1. The summed E-state index contributed by atoms with van der Waals surface area (Å²) in [5.74, 6) is 0.138. The quantitative estimate of drug-likeness (QED) is 0.473. The van der Waals surface area contributed by atoms with Crippen molar-refractivity contribution in [1.29, 1.82) is 0 Å². The molecule has 6 nitrogen and oxygen atoms in total. The zero-order chi connectivity index (χ0) is 16.9. The molecular formula is C15H22ClN2O4P. The first-order valence-electron chi connectivity index (χ1n) is 7.52. The normalized spacial score (nSPS) is 13.4. The van der Waals surface area contributed by atoms with Crippen LogP contribution in [0.4, 0.5) is 5.69 Å². The maximum Gasteiger partial charge on any atom is 0.361 e. The predicted molar refractivity (Wildman–Crippen MR) is 94.0 cm³/mol. The van der Waals surface area contributed by atoms with Crippen molar-refractivity contribution in [3.05, 3.63) is 24.4 Å². The number of nitrogens with one attached hydrogen (secondary N) is 2. The van der Waals surface area contributed by atoms with Crippen molar-refractivity contribution in [3.63, 3.8) is 0 Å². The fourth-order valence-electron chi connectivity index (χ4n) is 2.26. The molecule has 8 heteroatoms. The van der Waals surface area contributed by atoms with E-state index >= 15 is 0 Å². The Balaban J connectivity index is 2.42. The van der Waals surface area contributed by atoms with Crippen molar-refractivity contribution >= 4 is 41.1 Å². The van der Waals surface area contributed by atoms with E-state index in [1.54, 1.807) is 32.2 Å². The van der Waals surface area contributed by atoms with Crippen LogP contribution in [0, 0.1) is 0 Å². The Morgan fingerprint density at radius 3 is 2.65 bits per heavy atom. The molecule has 128 valence electrons. The number of alkyl halides is 1. The van der Waals surface area contributed by atoms with E-state index in [0.29, 0.717) is 11.8 Å². The van der Waals surface area contributed by atoms with Crippen LogP contribution < -0.4 is 10.6 Å². The first-order chi connectivity index (χ1) is 11.0. The van der Waals surface area contributed by atoms with Crippen LogP contribution in [0.3, 0.4) is 0 Å². The topological polar surface area (TPSA) is 83.6 Å². The van der Waals surface area contributed by atoms with Crippen molar-refractivity contribution in [2.24, 2.45) is 0 Å². The summed E-state index contributed by atoms with van der Waals surface area (Å²) in [6.45, 7) is 4.41. The van der Waals surface area contributed by atoms with Gasteiger partial charge in [0.1, 0.15) is 0 Å². The highest BCUT2D eigenvalue weighted by atomic mass is 35.5. The van der Waals surface area contributed by atoms with Gasteiger partial charge in [-0.15, -0.1) is 11.6 Å². The Hall–Kier alpha value is -1.04. The number of fused-ring (bicyclic) bond motifs is 1. The molecule has 1 aromatic carbocycles. The first-order valence-corrected chi connectivity index (χ1v) is 9.60. The fourth-order valence-corrected chi connectivity index (χ4v) is 4.00. The van der Waals surface area contributed by atoms with E-state index in [4.69, 9.17) is 20.6 Å². The summed E-state index contributed by atoms with van der Waals surface area (Å²) in [6.07, 6.45) is 1.13. The molecule has 1 atom stereocenters. The Bertz CT molecular complexity index is 681. The van der Waals surface area contributed by atoms with Gasteiger partial charge in [0.25, 0.3) is 0 Å². The molecule has 1 aromatic heterocycles. The molecule has 1 heterocycles. The van der Waals surface area contributed by atoms with Gasteiger partial charge in [-0.05, 0) is 32.0 Å². The van der Waals surface area contributed by atoms with Crippen LogP contribution in [0.25, 0.3) is 10.9 Å². The van der Waals surface area contributed by atoms with E-state index in [1.807, 2.05) is 6.07 Å². The summed E-state index contributed by atoms with van der Waals surface area (Å²) >= 11 is 5.62. The highest BCUT2D eigenvalue weighted by molar-refractivity contribution is 7.62. The summed E-state index contributed by atoms with van der Waals surface area (Å²) < 4.78 is 23.8. The minimum atomic E-state index is -3.38. The van der Waals surface area contributed by atoms with Gasteiger partial charge in [-0.3, -0.25) is 4.57 Å². The lowest BCUT2D eigenvalue weighted by molar-refractivity contribution is 0.211. The second kappa shape index (κ2) is 8.18. The van der Waals surface area contributed by atoms with Crippen LogP contribution >= 0.6 is 19.2 Å². The lowest BCUT2D eigenvalue weighted by atomic mass is 10.2. The lowest BCUT2D eigenvalue weighted by Crippen LogP contribution is -2.21. The van der Waals surface area contributed by atoms with Gasteiger partial charge in [-0.2, -0.15) is 0 Å². The Morgan fingerprint density at radius 1 is 1.35 bits per heavy atom. The van der Waals surface area contributed by atoms with Gasteiger partial charge >= 0.3 is 7.60 Å². The molecule has 1 unspecified atom stereocenters. The molecule has 0 amide bonds. The van der Waals surface area contributed by atoms with Gasteiger partial charge < -0.3 is 24.5 Å². The Kier molecular flexibility index (Phi) is 6.50. The summed E-state index contributed by atoms with van der Waals surface area (Å²) in [6, 6.07) is 5.41. The summed E-state index contributed by atoms with van der Waals surface area (Å²) in [4.78, 5) is 3.10. The fraction of sp³-hybridized carbons (Fsp3) is 0.467. The highest BCUT2D eigenvalue weighted by Gasteiger charge is 2.28. The number of hydrogen-bond donors (Lipinski definition) is 3. The van der Waals surface area contributed by atoms with E-state index in [2.05, 4.69) is 10.3 Å². The molecular weight excluding hydrogens is 339 g/mol. The molecule has 0 bridgehead atoms. The largest absolute Gasteiger partial charge is 0.390 e. The third-order valence-corrected chi connectivity index (χ3v) is 5.72.